The van der Waals surface area contributed by atoms with Crippen LogP contribution in [0.4, 0.5) is 10.2 Å². The van der Waals surface area contributed by atoms with E-state index in [1.807, 2.05) is 4.90 Å². The van der Waals surface area contributed by atoms with Crippen LogP contribution in [0, 0.1) is 5.82 Å². The highest BCUT2D eigenvalue weighted by atomic mass is 19.1. The Labute approximate surface area is 104 Å². The molecular formula is C12H12FN5. The SMILES string of the molecule is Fc1cnc(-c2cncnc2)nc1N1CCCC1. The Kier molecular flexibility index (Phi) is 2.84. The summed E-state index contributed by atoms with van der Waals surface area (Å²) < 4.78 is 13.7. The number of hydrogen-bond donors (Lipinski definition) is 0. The van der Waals surface area contributed by atoms with E-state index in [1.165, 1.54) is 12.5 Å². The maximum atomic E-state index is 13.7. The van der Waals surface area contributed by atoms with Gasteiger partial charge in [0.1, 0.15) is 6.33 Å². The highest BCUT2D eigenvalue weighted by Crippen LogP contribution is 2.23. The van der Waals surface area contributed by atoms with Crippen molar-refractivity contribution >= 4 is 5.82 Å². The summed E-state index contributed by atoms with van der Waals surface area (Å²) in [5, 5.41) is 0. The third-order valence-electron chi connectivity index (χ3n) is 2.95. The Morgan fingerprint density at radius 2 is 1.78 bits per heavy atom. The third-order valence-corrected chi connectivity index (χ3v) is 2.95. The van der Waals surface area contributed by atoms with Gasteiger partial charge in [-0.15, -0.1) is 0 Å². The third kappa shape index (κ3) is 2.01. The molecule has 0 spiro atoms. The quantitative estimate of drug-likeness (QED) is 0.805. The van der Waals surface area contributed by atoms with Gasteiger partial charge in [-0.25, -0.2) is 24.3 Å². The summed E-state index contributed by atoms with van der Waals surface area (Å²) in [5.74, 6) is 0.456. The van der Waals surface area contributed by atoms with Crippen LogP contribution in [0.15, 0.2) is 24.9 Å². The van der Waals surface area contributed by atoms with Gasteiger partial charge in [-0.3, -0.25) is 0 Å². The zero-order valence-electron chi connectivity index (χ0n) is 9.75. The number of rotatable bonds is 2. The molecule has 1 saturated heterocycles. The normalized spacial score (nSPS) is 15.1. The van der Waals surface area contributed by atoms with E-state index in [1.54, 1.807) is 12.4 Å². The van der Waals surface area contributed by atoms with Crippen LogP contribution >= 0.6 is 0 Å². The molecule has 0 aromatic carbocycles. The minimum absolute atomic E-state index is 0.376. The Balaban J connectivity index is 2.00. The van der Waals surface area contributed by atoms with Crippen LogP contribution in [0.1, 0.15) is 12.8 Å². The first-order valence-corrected chi connectivity index (χ1v) is 5.87. The molecule has 0 bridgehead atoms. The molecule has 0 radical (unpaired) electrons. The second kappa shape index (κ2) is 4.64. The minimum atomic E-state index is -0.377. The molecular weight excluding hydrogens is 233 g/mol. The molecule has 18 heavy (non-hydrogen) atoms. The average molecular weight is 245 g/mol. The summed E-state index contributed by atoms with van der Waals surface area (Å²) >= 11 is 0. The zero-order chi connectivity index (χ0) is 12.4. The molecule has 0 amide bonds. The Bertz CT molecular complexity index is 539. The predicted octanol–water partition coefficient (Wildman–Crippen LogP) is 1.67. The Morgan fingerprint density at radius 1 is 1.06 bits per heavy atom. The first-order chi connectivity index (χ1) is 8.84. The molecule has 0 N–H and O–H groups in total. The van der Waals surface area contributed by atoms with Crippen molar-refractivity contribution in [1.82, 2.24) is 19.9 Å². The number of hydrogen-bond acceptors (Lipinski definition) is 5. The second-order valence-electron chi connectivity index (χ2n) is 4.19. The van der Waals surface area contributed by atoms with E-state index in [4.69, 9.17) is 0 Å². The lowest BCUT2D eigenvalue weighted by Crippen LogP contribution is -2.21. The molecule has 92 valence electrons. The fourth-order valence-electron chi connectivity index (χ4n) is 2.06. The van der Waals surface area contributed by atoms with E-state index in [0.717, 1.165) is 25.9 Å². The standard InChI is InChI=1S/C12H12FN5/c13-10-7-16-11(9-5-14-8-15-6-9)17-12(10)18-3-1-2-4-18/h5-8H,1-4H2. The zero-order valence-corrected chi connectivity index (χ0v) is 9.75. The Morgan fingerprint density at radius 3 is 2.50 bits per heavy atom. The molecule has 1 aliphatic rings. The molecule has 0 saturated carbocycles. The van der Waals surface area contributed by atoms with Crippen molar-refractivity contribution < 1.29 is 4.39 Å². The van der Waals surface area contributed by atoms with Gasteiger partial charge in [-0.05, 0) is 12.8 Å². The fraction of sp³-hybridized carbons (Fsp3) is 0.333. The molecule has 2 aromatic rings. The molecule has 5 nitrogen and oxygen atoms in total. The van der Waals surface area contributed by atoms with Crippen LogP contribution in [0.25, 0.3) is 11.4 Å². The summed E-state index contributed by atoms with van der Waals surface area (Å²) in [6, 6.07) is 0. The van der Waals surface area contributed by atoms with Crippen molar-refractivity contribution in [2.24, 2.45) is 0 Å². The van der Waals surface area contributed by atoms with E-state index in [0.29, 0.717) is 17.2 Å². The molecule has 0 unspecified atom stereocenters. The van der Waals surface area contributed by atoms with Crippen LogP contribution in [-0.2, 0) is 0 Å². The lowest BCUT2D eigenvalue weighted by atomic mass is 10.3. The number of nitrogens with zero attached hydrogens (tertiary/aromatic N) is 5. The van der Waals surface area contributed by atoms with Crippen LogP contribution in [0.2, 0.25) is 0 Å². The van der Waals surface area contributed by atoms with Crippen LogP contribution in [-0.4, -0.2) is 33.0 Å². The van der Waals surface area contributed by atoms with Gasteiger partial charge in [0.25, 0.3) is 0 Å². The Hall–Kier alpha value is -2.11. The van der Waals surface area contributed by atoms with Crippen molar-refractivity contribution in [2.45, 2.75) is 12.8 Å². The topological polar surface area (TPSA) is 54.8 Å². The summed E-state index contributed by atoms with van der Waals surface area (Å²) in [6.07, 6.45) is 8.04. The largest absolute Gasteiger partial charge is 0.354 e. The van der Waals surface area contributed by atoms with Crippen LogP contribution < -0.4 is 4.90 Å². The van der Waals surface area contributed by atoms with E-state index in [2.05, 4.69) is 19.9 Å². The highest BCUT2D eigenvalue weighted by Gasteiger charge is 2.19. The molecule has 1 aliphatic heterocycles. The van der Waals surface area contributed by atoms with Crippen molar-refractivity contribution in [2.75, 3.05) is 18.0 Å². The van der Waals surface area contributed by atoms with Crippen molar-refractivity contribution in [3.05, 3.63) is 30.7 Å². The number of anilines is 1. The van der Waals surface area contributed by atoms with Gasteiger partial charge in [0, 0.05) is 25.5 Å². The van der Waals surface area contributed by atoms with E-state index < -0.39 is 0 Å². The first-order valence-electron chi connectivity index (χ1n) is 5.87. The molecule has 6 heteroatoms. The van der Waals surface area contributed by atoms with Gasteiger partial charge in [-0.1, -0.05) is 0 Å². The van der Waals surface area contributed by atoms with Crippen molar-refractivity contribution in [3.63, 3.8) is 0 Å². The lowest BCUT2D eigenvalue weighted by molar-refractivity contribution is 0.609. The molecule has 0 aliphatic carbocycles. The maximum Gasteiger partial charge on any atom is 0.183 e. The molecule has 3 heterocycles. The van der Waals surface area contributed by atoms with Gasteiger partial charge in [0.05, 0.1) is 11.8 Å². The molecule has 0 atom stereocenters. The van der Waals surface area contributed by atoms with Crippen LogP contribution in [0.3, 0.4) is 0 Å². The predicted molar refractivity (Wildman–Crippen MR) is 64.5 cm³/mol. The average Bonchev–Trinajstić information content (AvgIpc) is 2.94. The monoisotopic (exact) mass is 245 g/mol. The van der Waals surface area contributed by atoms with Gasteiger partial charge in [0.15, 0.2) is 17.5 Å². The second-order valence-corrected chi connectivity index (χ2v) is 4.19. The number of aromatic nitrogens is 4. The summed E-state index contributed by atoms with van der Waals surface area (Å²) in [7, 11) is 0. The fourth-order valence-corrected chi connectivity index (χ4v) is 2.06. The molecule has 1 fully saturated rings. The maximum absolute atomic E-state index is 13.7. The smallest absolute Gasteiger partial charge is 0.183 e. The summed E-state index contributed by atoms with van der Waals surface area (Å²) in [6.45, 7) is 1.69. The minimum Gasteiger partial charge on any atom is -0.354 e. The molecule has 3 rings (SSSR count). The van der Waals surface area contributed by atoms with E-state index >= 15 is 0 Å². The number of halogens is 1. The first kappa shape index (κ1) is 11.0. The summed E-state index contributed by atoms with van der Waals surface area (Å²) in [4.78, 5) is 18.0. The van der Waals surface area contributed by atoms with Gasteiger partial charge >= 0.3 is 0 Å². The van der Waals surface area contributed by atoms with Crippen molar-refractivity contribution in [3.8, 4) is 11.4 Å². The van der Waals surface area contributed by atoms with E-state index in [9.17, 15) is 4.39 Å². The van der Waals surface area contributed by atoms with Gasteiger partial charge < -0.3 is 4.90 Å². The summed E-state index contributed by atoms with van der Waals surface area (Å²) in [5.41, 5.74) is 0.693. The van der Waals surface area contributed by atoms with E-state index in [-0.39, 0.29) is 5.82 Å². The molecule has 2 aromatic heterocycles. The lowest BCUT2D eigenvalue weighted by Gasteiger charge is -2.17. The van der Waals surface area contributed by atoms with Gasteiger partial charge in [0.2, 0.25) is 0 Å². The van der Waals surface area contributed by atoms with Gasteiger partial charge in [-0.2, -0.15) is 0 Å². The highest BCUT2D eigenvalue weighted by molar-refractivity contribution is 5.55. The van der Waals surface area contributed by atoms with Crippen molar-refractivity contribution in [1.29, 1.82) is 0 Å². The van der Waals surface area contributed by atoms with Crippen LogP contribution in [0.5, 0.6) is 0 Å².